The molecule has 0 saturated carbocycles. The Morgan fingerprint density at radius 1 is 1.33 bits per heavy atom. The van der Waals surface area contributed by atoms with Crippen LogP contribution >= 0.6 is 0 Å². The minimum Gasteiger partial charge on any atom is -0.343 e. The first-order chi connectivity index (χ1) is 10.1. The molecule has 5 heteroatoms. The maximum Gasteiger partial charge on any atom is 0.223 e. The summed E-state index contributed by atoms with van der Waals surface area (Å²) in [5, 5.41) is 0. The van der Waals surface area contributed by atoms with Gasteiger partial charge in [0.05, 0.1) is 0 Å². The van der Waals surface area contributed by atoms with Gasteiger partial charge in [-0.05, 0) is 44.0 Å². The van der Waals surface area contributed by atoms with Gasteiger partial charge in [-0.3, -0.25) is 9.78 Å². The van der Waals surface area contributed by atoms with E-state index in [1.54, 1.807) is 0 Å². The van der Waals surface area contributed by atoms with Crippen LogP contribution in [0.4, 0.5) is 0 Å². The van der Waals surface area contributed by atoms with Crippen LogP contribution in [0, 0.1) is 0 Å². The van der Waals surface area contributed by atoms with Gasteiger partial charge in [-0.2, -0.15) is 0 Å². The predicted octanol–water partition coefficient (Wildman–Crippen LogP) is 0.896. The number of amides is 1. The molecule has 1 saturated heterocycles. The molecule has 1 aromatic heterocycles. The zero-order chi connectivity index (χ0) is 15.1. The van der Waals surface area contributed by atoms with Crippen LogP contribution in [0.5, 0.6) is 0 Å². The fourth-order valence-corrected chi connectivity index (χ4v) is 2.57. The summed E-state index contributed by atoms with van der Waals surface area (Å²) in [6, 6.07) is 4.35. The van der Waals surface area contributed by atoms with Gasteiger partial charge in [0.2, 0.25) is 5.91 Å². The first-order valence-electron chi connectivity index (χ1n) is 7.76. The Kier molecular flexibility index (Phi) is 6.14. The number of piperidine rings is 1. The number of likely N-dealkylation sites (N-methyl/N-ethyl adjacent to an activating group) is 1. The molecule has 1 fully saturated rings. The molecule has 2 heterocycles. The average Bonchev–Trinajstić information content (AvgIpc) is 2.52. The van der Waals surface area contributed by atoms with Crippen molar-refractivity contribution in [2.45, 2.75) is 31.7 Å². The van der Waals surface area contributed by atoms with E-state index in [0.29, 0.717) is 6.42 Å². The fourth-order valence-electron chi connectivity index (χ4n) is 2.57. The van der Waals surface area contributed by atoms with Gasteiger partial charge in [0.1, 0.15) is 0 Å². The first-order valence-corrected chi connectivity index (χ1v) is 7.76. The molecule has 2 rings (SSSR count). The van der Waals surface area contributed by atoms with Crippen molar-refractivity contribution in [1.82, 2.24) is 14.8 Å². The number of hydrogen-bond donors (Lipinski definition) is 1. The second kappa shape index (κ2) is 8.10. The third-order valence-electron chi connectivity index (χ3n) is 4.13. The molecule has 21 heavy (non-hydrogen) atoms. The van der Waals surface area contributed by atoms with Crippen LogP contribution in [0.1, 0.15) is 24.8 Å². The highest BCUT2D eigenvalue weighted by Crippen LogP contribution is 2.09. The van der Waals surface area contributed by atoms with Crippen molar-refractivity contribution in [1.29, 1.82) is 0 Å². The lowest BCUT2D eigenvalue weighted by atomic mass is 10.1. The van der Waals surface area contributed by atoms with Gasteiger partial charge in [-0.15, -0.1) is 0 Å². The van der Waals surface area contributed by atoms with Gasteiger partial charge in [0.25, 0.3) is 0 Å². The Balaban J connectivity index is 1.64. The molecule has 0 aliphatic carbocycles. The van der Waals surface area contributed by atoms with E-state index in [1.165, 1.54) is 5.56 Å². The van der Waals surface area contributed by atoms with E-state index in [2.05, 4.69) is 16.9 Å². The minimum absolute atomic E-state index is 0.262. The van der Waals surface area contributed by atoms with Crippen molar-refractivity contribution >= 4 is 5.91 Å². The van der Waals surface area contributed by atoms with Crippen LogP contribution in [0.15, 0.2) is 24.5 Å². The molecule has 2 N–H and O–H groups in total. The molecule has 0 radical (unpaired) electrons. The summed E-state index contributed by atoms with van der Waals surface area (Å²) < 4.78 is 0. The molecule has 116 valence electrons. The van der Waals surface area contributed by atoms with Crippen molar-refractivity contribution in [2.75, 3.05) is 33.2 Å². The molecule has 5 nitrogen and oxygen atoms in total. The second-order valence-electron chi connectivity index (χ2n) is 5.88. The van der Waals surface area contributed by atoms with Crippen molar-refractivity contribution in [3.63, 3.8) is 0 Å². The third-order valence-corrected chi connectivity index (χ3v) is 4.13. The van der Waals surface area contributed by atoms with Crippen molar-refractivity contribution in [3.05, 3.63) is 30.1 Å². The lowest BCUT2D eigenvalue weighted by Gasteiger charge is -2.30. The summed E-state index contributed by atoms with van der Waals surface area (Å²) in [6.07, 6.45) is 7.10. The molecule has 0 unspecified atom stereocenters. The normalized spacial score (nSPS) is 16.4. The molecule has 0 bridgehead atoms. The maximum absolute atomic E-state index is 12.1. The minimum atomic E-state index is 0.262. The van der Waals surface area contributed by atoms with E-state index in [9.17, 15) is 4.79 Å². The van der Waals surface area contributed by atoms with Gasteiger partial charge in [0.15, 0.2) is 0 Å². The van der Waals surface area contributed by atoms with Gasteiger partial charge < -0.3 is 15.5 Å². The number of nitrogens with zero attached hydrogens (tertiary/aromatic N) is 3. The summed E-state index contributed by atoms with van der Waals surface area (Å²) in [5.41, 5.74) is 7.15. The summed E-state index contributed by atoms with van der Waals surface area (Å²) in [6.45, 7) is 3.41. The SMILES string of the molecule is CN(CCC(=O)N1CCC(N)CC1)CCc1ccncc1. The van der Waals surface area contributed by atoms with Crippen LogP contribution < -0.4 is 5.73 Å². The van der Waals surface area contributed by atoms with E-state index >= 15 is 0 Å². The second-order valence-corrected chi connectivity index (χ2v) is 5.88. The number of aromatic nitrogens is 1. The Labute approximate surface area is 127 Å². The number of hydrogen-bond acceptors (Lipinski definition) is 4. The number of rotatable bonds is 6. The van der Waals surface area contributed by atoms with Crippen molar-refractivity contribution in [3.8, 4) is 0 Å². The van der Waals surface area contributed by atoms with E-state index in [1.807, 2.05) is 29.4 Å². The number of nitrogens with two attached hydrogens (primary N) is 1. The highest BCUT2D eigenvalue weighted by Gasteiger charge is 2.20. The fraction of sp³-hybridized carbons (Fsp3) is 0.625. The molecule has 0 atom stereocenters. The molecular formula is C16H26N4O. The average molecular weight is 290 g/mol. The van der Waals surface area contributed by atoms with Crippen LogP contribution in [-0.4, -0.2) is 60.0 Å². The van der Waals surface area contributed by atoms with Crippen molar-refractivity contribution in [2.24, 2.45) is 5.73 Å². The third kappa shape index (κ3) is 5.44. The quantitative estimate of drug-likeness (QED) is 0.845. The summed E-state index contributed by atoms with van der Waals surface area (Å²) in [7, 11) is 2.07. The lowest BCUT2D eigenvalue weighted by molar-refractivity contribution is -0.132. The zero-order valence-electron chi connectivity index (χ0n) is 12.9. The lowest BCUT2D eigenvalue weighted by Crippen LogP contribution is -2.43. The van der Waals surface area contributed by atoms with Gasteiger partial charge in [0, 0.05) is 51.0 Å². The molecular weight excluding hydrogens is 264 g/mol. The van der Waals surface area contributed by atoms with E-state index in [-0.39, 0.29) is 11.9 Å². The summed E-state index contributed by atoms with van der Waals surface area (Å²) >= 11 is 0. The van der Waals surface area contributed by atoms with Crippen LogP contribution in [0.2, 0.25) is 0 Å². The molecule has 1 aliphatic heterocycles. The van der Waals surface area contributed by atoms with Gasteiger partial charge >= 0.3 is 0 Å². The van der Waals surface area contributed by atoms with Crippen LogP contribution in [-0.2, 0) is 11.2 Å². The monoisotopic (exact) mass is 290 g/mol. The number of likely N-dealkylation sites (tertiary alicyclic amines) is 1. The molecule has 1 aromatic rings. The number of carbonyl (C=O) groups excluding carboxylic acids is 1. The Morgan fingerprint density at radius 3 is 2.67 bits per heavy atom. The highest BCUT2D eigenvalue weighted by atomic mass is 16.2. The van der Waals surface area contributed by atoms with Crippen LogP contribution in [0.25, 0.3) is 0 Å². The smallest absolute Gasteiger partial charge is 0.223 e. The van der Waals surface area contributed by atoms with Gasteiger partial charge in [-0.1, -0.05) is 0 Å². The zero-order valence-corrected chi connectivity index (χ0v) is 12.9. The van der Waals surface area contributed by atoms with E-state index in [4.69, 9.17) is 5.73 Å². The standard InChI is InChI=1S/C16H26N4O/c1-19(10-4-14-2-8-18-9-3-14)11-7-16(21)20-12-5-15(17)6-13-20/h2-3,8-9,15H,4-7,10-13,17H2,1H3. The summed E-state index contributed by atoms with van der Waals surface area (Å²) in [5.74, 6) is 0.262. The Hall–Kier alpha value is -1.46. The predicted molar refractivity (Wildman–Crippen MR) is 83.8 cm³/mol. The first kappa shape index (κ1) is 15.9. The molecule has 1 amide bonds. The largest absolute Gasteiger partial charge is 0.343 e. The van der Waals surface area contributed by atoms with Crippen LogP contribution in [0.3, 0.4) is 0 Å². The molecule has 0 spiro atoms. The van der Waals surface area contributed by atoms with Crippen molar-refractivity contribution < 1.29 is 4.79 Å². The van der Waals surface area contributed by atoms with Gasteiger partial charge in [-0.25, -0.2) is 0 Å². The van der Waals surface area contributed by atoms with E-state index in [0.717, 1.165) is 45.4 Å². The highest BCUT2D eigenvalue weighted by molar-refractivity contribution is 5.76. The number of pyridine rings is 1. The Bertz CT molecular complexity index is 429. The summed E-state index contributed by atoms with van der Waals surface area (Å²) in [4.78, 5) is 20.3. The number of carbonyl (C=O) groups is 1. The maximum atomic E-state index is 12.1. The molecule has 0 aromatic carbocycles. The Morgan fingerprint density at radius 2 is 2.00 bits per heavy atom. The topological polar surface area (TPSA) is 62.5 Å². The molecule has 1 aliphatic rings. The van der Waals surface area contributed by atoms with E-state index < -0.39 is 0 Å².